The highest BCUT2D eigenvalue weighted by atomic mass is 15.1. The van der Waals surface area contributed by atoms with Gasteiger partial charge < -0.3 is 9.47 Å². The van der Waals surface area contributed by atoms with Gasteiger partial charge in [0.05, 0.1) is 28.0 Å². The van der Waals surface area contributed by atoms with E-state index in [1.807, 2.05) is 6.08 Å². The highest BCUT2D eigenvalue weighted by Crippen LogP contribution is 2.58. The van der Waals surface area contributed by atoms with E-state index in [1.54, 1.807) is 0 Å². The second-order valence-electron chi connectivity index (χ2n) is 19.6. The average Bonchev–Trinajstić information content (AvgIpc) is 4.05. The van der Waals surface area contributed by atoms with Gasteiger partial charge in [0, 0.05) is 33.5 Å². The molecule has 1 aliphatic carbocycles. The van der Waals surface area contributed by atoms with E-state index in [0.717, 1.165) is 67.2 Å². The smallest absolute Gasteiger partial charge is 0.0734 e. The Kier molecular flexibility index (Phi) is 11.9. The third kappa shape index (κ3) is 7.74. The van der Waals surface area contributed by atoms with Gasteiger partial charge in [-0.2, -0.15) is 0 Å². The molecule has 0 N–H and O–H groups in total. The minimum atomic E-state index is -0.604. The SMILES string of the molecule is C=Cc1c(/C=C(\C)c2ccccc2-c2ccccc2N(c2ccc(-c3ccccc3)cc2)c2ccc(-c3ccccc3)cc2)n(-c2cccc3c2C(c2ccccc2)(c2ccccc2)c2ccccc2-3)c2ccccc12. The van der Waals surface area contributed by atoms with Crippen LogP contribution in [0.4, 0.5) is 17.1 Å². The number of fused-ring (bicyclic) bond motifs is 4. The molecule has 0 aliphatic heterocycles. The van der Waals surface area contributed by atoms with Crippen LogP contribution in [-0.4, -0.2) is 4.57 Å². The summed E-state index contributed by atoms with van der Waals surface area (Å²) in [5, 5.41) is 1.15. The Hall–Kier alpha value is -9.76. The number of hydrogen-bond acceptors (Lipinski definition) is 1. The molecule has 11 aromatic carbocycles. The van der Waals surface area contributed by atoms with Crippen molar-refractivity contribution in [3.05, 3.63) is 331 Å². The fraction of sp³-hybridized carbons (Fsp3) is 0.0270. The van der Waals surface area contributed by atoms with Crippen LogP contribution in [0.3, 0.4) is 0 Å². The minimum Gasteiger partial charge on any atom is -0.310 e. The molecule has 2 heteroatoms. The zero-order chi connectivity index (χ0) is 51.0. The lowest BCUT2D eigenvalue weighted by atomic mass is 9.67. The van der Waals surface area contributed by atoms with Gasteiger partial charge in [0.1, 0.15) is 0 Å². The van der Waals surface area contributed by atoms with Crippen molar-refractivity contribution in [1.82, 2.24) is 4.57 Å². The Bertz CT molecular complexity index is 3970. The average molecular weight is 971 g/mol. The van der Waals surface area contributed by atoms with Crippen LogP contribution in [0.25, 0.3) is 78.8 Å². The number of para-hydroxylation sites is 2. The number of aromatic nitrogens is 1. The maximum atomic E-state index is 4.51. The molecule has 0 unspecified atom stereocenters. The van der Waals surface area contributed by atoms with E-state index in [1.165, 1.54) is 55.6 Å². The first kappa shape index (κ1) is 46.1. The summed E-state index contributed by atoms with van der Waals surface area (Å²) >= 11 is 0. The fourth-order valence-electron chi connectivity index (χ4n) is 12.1. The standard InChI is InChI=1S/C74H54N2/c1-3-61-65-36-19-23-41-70(65)76(71-42-24-38-67-64-35-18-21-39-68(64)74(73(67)71,57-29-12-6-13-30-57)58-31-14-7-15-32-58)72(61)51-52(2)62-33-16-17-34-63(62)66-37-20-22-40-69(66)75(59-47-43-55(44-48-59)53-25-8-4-9-26-53)60-49-45-56(46-50-60)54-27-10-5-11-28-54/h3-51H,1H2,2H3/b52-51+. The number of hydrogen-bond donors (Lipinski definition) is 0. The molecule has 0 spiro atoms. The molecule has 0 amide bonds. The van der Waals surface area contributed by atoms with Gasteiger partial charge in [-0.15, -0.1) is 0 Å². The van der Waals surface area contributed by atoms with E-state index in [2.05, 4.69) is 314 Å². The normalized spacial score (nSPS) is 12.5. The highest BCUT2D eigenvalue weighted by Gasteiger charge is 2.48. The molecule has 1 aromatic heterocycles. The maximum absolute atomic E-state index is 4.51. The molecular formula is C74H54N2. The summed E-state index contributed by atoms with van der Waals surface area (Å²) in [6, 6.07) is 104. The molecule has 0 saturated carbocycles. The minimum absolute atomic E-state index is 0.604. The van der Waals surface area contributed by atoms with Gasteiger partial charge in [0.15, 0.2) is 0 Å². The van der Waals surface area contributed by atoms with Crippen molar-refractivity contribution >= 4 is 45.7 Å². The molecule has 0 atom stereocenters. The Morgan fingerprint density at radius 3 is 1.50 bits per heavy atom. The Morgan fingerprint density at radius 1 is 0.421 bits per heavy atom. The van der Waals surface area contributed by atoms with Crippen LogP contribution in [0.15, 0.2) is 292 Å². The van der Waals surface area contributed by atoms with Gasteiger partial charge >= 0.3 is 0 Å². The summed E-state index contributed by atoms with van der Waals surface area (Å²) in [6.45, 7) is 6.77. The van der Waals surface area contributed by atoms with E-state index in [-0.39, 0.29) is 0 Å². The second kappa shape index (κ2) is 19.6. The Labute approximate surface area is 446 Å². The van der Waals surface area contributed by atoms with Crippen molar-refractivity contribution in [3.63, 3.8) is 0 Å². The number of anilines is 3. The van der Waals surface area contributed by atoms with Crippen LogP contribution in [-0.2, 0) is 5.41 Å². The summed E-state index contributed by atoms with van der Waals surface area (Å²) in [5.74, 6) is 0. The van der Waals surface area contributed by atoms with E-state index >= 15 is 0 Å². The summed E-state index contributed by atoms with van der Waals surface area (Å²) in [4.78, 5) is 2.40. The van der Waals surface area contributed by atoms with E-state index in [0.29, 0.717) is 0 Å². The number of rotatable bonds is 12. The molecule has 360 valence electrons. The molecule has 0 radical (unpaired) electrons. The third-order valence-corrected chi connectivity index (χ3v) is 15.5. The van der Waals surface area contributed by atoms with Gasteiger partial charge in [-0.25, -0.2) is 0 Å². The molecule has 1 aliphatic rings. The Morgan fingerprint density at radius 2 is 0.895 bits per heavy atom. The summed E-state index contributed by atoms with van der Waals surface area (Å²) in [5.41, 5.74) is 23.8. The second-order valence-corrected chi connectivity index (χ2v) is 19.6. The third-order valence-electron chi connectivity index (χ3n) is 15.5. The molecule has 2 nitrogen and oxygen atoms in total. The van der Waals surface area contributed by atoms with Crippen LogP contribution in [0, 0.1) is 0 Å². The largest absolute Gasteiger partial charge is 0.310 e. The van der Waals surface area contributed by atoms with Crippen molar-refractivity contribution in [2.24, 2.45) is 0 Å². The lowest BCUT2D eigenvalue weighted by molar-refractivity contribution is 0.760. The van der Waals surface area contributed by atoms with Gasteiger partial charge in [0.25, 0.3) is 0 Å². The number of nitrogens with zero attached hydrogens (tertiary/aromatic N) is 2. The molecule has 0 fully saturated rings. The number of benzene rings is 11. The van der Waals surface area contributed by atoms with E-state index < -0.39 is 5.41 Å². The molecule has 0 saturated heterocycles. The molecule has 13 rings (SSSR count). The summed E-state index contributed by atoms with van der Waals surface area (Å²) in [7, 11) is 0. The zero-order valence-corrected chi connectivity index (χ0v) is 42.4. The van der Waals surface area contributed by atoms with Crippen molar-refractivity contribution in [2.45, 2.75) is 12.3 Å². The lowest BCUT2D eigenvalue weighted by Crippen LogP contribution is -2.30. The van der Waals surface area contributed by atoms with Crippen LogP contribution < -0.4 is 4.90 Å². The van der Waals surface area contributed by atoms with Crippen molar-refractivity contribution < 1.29 is 0 Å². The lowest BCUT2D eigenvalue weighted by Gasteiger charge is -2.35. The summed E-state index contributed by atoms with van der Waals surface area (Å²) < 4.78 is 2.51. The van der Waals surface area contributed by atoms with Crippen LogP contribution in [0.5, 0.6) is 0 Å². The first-order valence-corrected chi connectivity index (χ1v) is 26.2. The highest BCUT2D eigenvalue weighted by molar-refractivity contribution is 6.01. The maximum Gasteiger partial charge on any atom is 0.0734 e. The number of allylic oxidation sites excluding steroid dienone is 1. The molecule has 0 bridgehead atoms. The topological polar surface area (TPSA) is 8.17 Å². The molecule has 76 heavy (non-hydrogen) atoms. The van der Waals surface area contributed by atoms with Gasteiger partial charge in [0.2, 0.25) is 0 Å². The molecule has 12 aromatic rings. The van der Waals surface area contributed by atoms with Crippen LogP contribution in [0.2, 0.25) is 0 Å². The van der Waals surface area contributed by atoms with Crippen molar-refractivity contribution in [1.29, 1.82) is 0 Å². The zero-order valence-electron chi connectivity index (χ0n) is 42.4. The first-order valence-electron chi connectivity index (χ1n) is 26.2. The molecule has 1 heterocycles. The van der Waals surface area contributed by atoms with Crippen molar-refractivity contribution in [2.75, 3.05) is 4.90 Å². The Balaban J connectivity index is 1.00. The van der Waals surface area contributed by atoms with Gasteiger partial charge in [-0.05, 0) is 122 Å². The van der Waals surface area contributed by atoms with Gasteiger partial charge in [-0.3, -0.25) is 0 Å². The van der Waals surface area contributed by atoms with Crippen molar-refractivity contribution in [3.8, 4) is 50.2 Å². The quantitative estimate of drug-likeness (QED) is 0.118. The summed E-state index contributed by atoms with van der Waals surface area (Å²) in [6.07, 6.45) is 4.44. The fourth-order valence-corrected chi connectivity index (χ4v) is 12.1. The van der Waals surface area contributed by atoms with Crippen LogP contribution in [0.1, 0.15) is 46.0 Å². The monoisotopic (exact) mass is 970 g/mol. The van der Waals surface area contributed by atoms with E-state index in [9.17, 15) is 0 Å². The van der Waals surface area contributed by atoms with Crippen LogP contribution >= 0.6 is 0 Å². The first-order chi connectivity index (χ1) is 37.6. The van der Waals surface area contributed by atoms with Gasteiger partial charge in [-0.1, -0.05) is 255 Å². The molecular weight excluding hydrogens is 917 g/mol. The van der Waals surface area contributed by atoms with E-state index in [4.69, 9.17) is 0 Å². The predicted molar refractivity (Wildman–Crippen MR) is 322 cm³/mol. The predicted octanol–water partition coefficient (Wildman–Crippen LogP) is 19.7.